The fourth-order valence-corrected chi connectivity index (χ4v) is 9.02. The lowest BCUT2D eigenvalue weighted by Gasteiger charge is -2.22. The Morgan fingerprint density at radius 3 is 2.72 bits per heavy atom. The predicted octanol–water partition coefficient (Wildman–Crippen LogP) is 1.25. The first-order chi connectivity index (χ1) is 22.4. The van der Waals surface area contributed by atoms with Crippen LogP contribution in [0.4, 0.5) is 5.82 Å². The minimum Gasteiger partial charge on any atom is -0.481 e. The van der Waals surface area contributed by atoms with Gasteiger partial charge >= 0.3 is 5.97 Å². The summed E-state index contributed by atoms with van der Waals surface area (Å²) < 4.78 is 12.3. The summed E-state index contributed by atoms with van der Waals surface area (Å²) in [6.07, 6.45) is 1.95. The number of allylic oxidation sites excluding steroid dienone is 3. The Hall–Kier alpha value is -4.05. The van der Waals surface area contributed by atoms with Gasteiger partial charge in [0.15, 0.2) is 29.2 Å². The summed E-state index contributed by atoms with van der Waals surface area (Å²) in [6, 6.07) is 2.22. The van der Waals surface area contributed by atoms with Crippen molar-refractivity contribution in [2.75, 3.05) is 29.5 Å². The molecule has 0 spiro atoms. The van der Waals surface area contributed by atoms with Gasteiger partial charge in [-0.25, -0.2) is 15.0 Å². The zero-order valence-electron chi connectivity index (χ0n) is 27.0. The van der Waals surface area contributed by atoms with E-state index >= 15 is 0 Å². The molecule has 1 saturated heterocycles. The topological polar surface area (TPSA) is 194 Å². The molecule has 0 radical (unpaired) electrons. The van der Waals surface area contributed by atoms with Crippen molar-refractivity contribution >= 4 is 51.0 Å². The van der Waals surface area contributed by atoms with Crippen molar-refractivity contribution in [2.45, 2.75) is 78.2 Å². The molecule has 2 unspecified atom stereocenters. The number of carboxylic acid groups (broad SMARTS) is 1. The van der Waals surface area contributed by atoms with E-state index < -0.39 is 41.4 Å². The van der Waals surface area contributed by atoms with Crippen molar-refractivity contribution in [3.05, 3.63) is 53.0 Å². The Bertz CT molecular complexity index is 1830. The van der Waals surface area contributed by atoms with Crippen LogP contribution in [0.2, 0.25) is 0 Å². The van der Waals surface area contributed by atoms with Gasteiger partial charge in [0, 0.05) is 47.3 Å². The van der Waals surface area contributed by atoms with E-state index in [4.69, 9.17) is 10.5 Å². The summed E-state index contributed by atoms with van der Waals surface area (Å²) in [5, 5.41) is 34.2. The van der Waals surface area contributed by atoms with E-state index in [9.17, 15) is 24.9 Å². The highest BCUT2D eigenvalue weighted by molar-refractivity contribution is 7.97. The number of anilines is 1. The van der Waals surface area contributed by atoms with Crippen molar-refractivity contribution in [3.8, 4) is 0 Å². The Balaban J connectivity index is 1.09. The number of carbonyl (C=O) groups excluding carboxylic acids is 1. The quantitative estimate of drug-likeness (QED) is 0.107. The van der Waals surface area contributed by atoms with Crippen LogP contribution in [-0.2, 0) is 31.9 Å². The molecule has 0 aliphatic carbocycles. The van der Waals surface area contributed by atoms with Gasteiger partial charge in [-0.1, -0.05) is 0 Å². The van der Waals surface area contributed by atoms with E-state index in [1.807, 2.05) is 0 Å². The fourth-order valence-electron chi connectivity index (χ4n) is 6.92. The van der Waals surface area contributed by atoms with Gasteiger partial charge in [-0.3, -0.25) is 18.7 Å². The van der Waals surface area contributed by atoms with Crippen LogP contribution in [0.3, 0.4) is 0 Å². The monoisotopic (exact) mass is 666 g/mol. The molecule has 3 aromatic rings. The maximum atomic E-state index is 13.2. The van der Waals surface area contributed by atoms with Crippen LogP contribution in [0.25, 0.3) is 16.7 Å². The molecule has 0 bridgehead atoms. The molecule has 3 aromatic heterocycles. The number of ether oxygens (including phenoxy) is 1. The number of aliphatic hydroxyl groups is 2. The average molecular weight is 667 g/mol. The lowest BCUT2D eigenvalue weighted by molar-refractivity contribution is -0.506. The van der Waals surface area contributed by atoms with Crippen molar-refractivity contribution in [2.24, 2.45) is 0 Å². The average Bonchev–Trinajstić information content (AvgIpc) is 3.74. The molecule has 6 rings (SSSR count). The summed E-state index contributed by atoms with van der Waals surface area (Å²) in [5.74, 6) is -0.422. The van der Waals surface area contributed by atoms with Crippen LogP contribution in [-0.4, -0.2) is 104 Å². The normalized spacial score (nSPS) is 22.9. The molecular weight excluding hydrogens is 624 g/mol. The van der Waals surface area contributed by atoms with Crippen molar-refractivity contribution in [3.63, 3.8) is 0 Å². The summed E-state index contributed by atoms with van der Waals surface area (Å²) in [6.45, 7) is 9.82. The molecule has 3 aliphatic rings. The fraction of sp³-hybridized carbons (Fsp3) is 0.500. The Morgan fingerprint density at radius 1 is 1.17 bits per heavy atom. The van der Waals surface area contributed by atoms with Crippen molar-refractivity contribution in [1.82, 2.24) is 29.4 Å². The van der Waals surface area contributed by atoms with E-state index in [2.05, 4.69) is 69.2 Å². The van der Waals surface area contributed by atoms with Gasteiger partial charge in [0.05, 0.1) is 18.4 Å². The molecule has 47 heavy (non-hydrogen) atoms. The number of hydrogen-bond donors (Lipinski definition) is 5. The van der Waals surface area contributed by atoms with Gasteiger partial charge in [-0.2, -0.15) is 4.58 Å². The first kappa shape index (κ1) is 32.9. The SMILES string of the molecule is CC1=CC(C)=[N+]2Cn3c(C)cc(C)c3C(CCCNC(=O)C[S+](CCC(=O)O)C[C@H]3O[C@@H](n4cnc5c(N)ncnc54)[C@@H](O)C3O)=C12. The molecule has 1 fully saturated rings. The van der Waals surface area contributed by atoms with Crippen molar-refractivity contribution < 1.29 is 34.2 Å². The highest BCUT2D eigenvalue weighted by Crippen LogP contribution is 2.38. The first-order valence-corrected chi connectivity index (χ1v) is 17.4. The number of carbonyl (C=O) groups is 2. The standard InChI is InChI=1S/C32H40N8O6S/c1-17-10-19(3)39-16-40-20(4)11-18(2)27(40)21(26(17)39)6-5-8-34-23(41)13-47(9-7-24(42)43)12-22-28(44)29(45)32(46-22)38-15-37-25-30(33)35-14-36-31(25)38/h10-11,14-15,22,28-29,32,44-45H,5-9,12-13,16H2,1-4H3,(H2-2,33,34,35,36,41,42,43)/p+2/t22-,28?,29+,32-,47?/m1/s1. The third-order valence-corrected chi connectivity index (χ3v) is 11.4. The molecule has 250 valence electrons. The number of nitrogens with one attached hydrogen (secondary N) is 1. The Kier molecular flexibility index (Phi) is 9.25. The molecule has 1 amide bonds. The number of rotatable bonds is 12. The zero-order valence-corrected chi connectivity index (χ0v) is 27.8. The van der Waals surface area contributed by atoms with Gasteiger partial charge in [0.25, 0.3) is 5.91 Å². The molecule has 6 N–H and O–H groups in total. The van der Waals surface area contributed by atoms with Crippen LogP contribution in [0.5, 0.6) is 0 Å². The van der Waals surface area contributed by atoms with Gasteiger partial charge < -0.3 is 31.1 Å². The lowest BCUT2D eigenvalue weighted by atomic mass is 9.97. The highest BCUT2D eigenvalue weighted by Gasteiger charge is 2.47. The first-order valence-electron chi connectivity index (χ1n) is 15.7. The minimum absolute atomic E-state index is 0.0945. The van der Waals surface area contributed by atoms with Crippen LogP contribution in [0, 0.1) is 13.8 Å². The predicted molar refractivity (Wildman–Crippen MR) is 178 cm³/mol. The Morgan fingerprint density at radius 2 is 1.96 bits per heavy atom. The molecule has 5 atom stereocenters. The second-order valence-corrected chi connectivity index (χ2v) is 14.7. The van der Waals surface area contributed by atoms with Crippen molar-refractivity contribution in [1.29, 1.82) is 0 Å². The second kappa shape index (κ2) is 13.2. The number of amides is 1. The minimum atomic E-state index is -1.30. The zero-order chi connectivity index (χ0) is 33.6. The smallest absolute Gasteiger partial charge is 0.308 e. The molecule has 14 nitrogen and oxygen atoms in total. The van der Waals surface area contributed by atoms with Crippen LogP contribution in [0.15, 0.2) is 36.1 Å². The van der Waals surface area contributed by atoms with Gasteiger partial charge in [-0.05, 0) is 45.2 Å². The second-order valence-electron chi connectivity index (χ2n) is 12.5. The van der Waals surface area contributed by atoms with Crippen LogP contribution < -0.4 is 11.1 Å². The number of nitrogens with zero attached hydrogens (tertiary/aromatic N) is 6. The number of aliphatic hydroxyl groups excluding tert-OH is 2. The third kappa shape index (κ3) is 6.32. The van der Waals surface area contributed by atoms with E-state index in [1.165, 1.54) is 56.7 Å². The van der Waals surface area contributed by atoms with E-state index in [1.54, 1.807) is 0 Å². The van der Waals surface area contributed by atoms with Gasteiger partial charge in [0.1, 0.15) is 41.7 Å². The van der Waals surface area contributed by atoms with E-state index in [0.717, 1.165) is 19.5 Å². The number of fused-ring (bicyclic) bond motifs is 3. The van der Waals surface area contributed by atoms with Gasteiger partial charge in [0.2, 0.25) is 12.4 Å². The summed E-state index contributed by atoms with van der Waals surface area (Å²) >= 11 is 0. The number of carboxylic acids is 1. The summed E-state index contributed by atoms with van der Waals surface area (Å²) in [4.78, 5) is 36.9. The van der Waals surface area contributed by atoms with E-state index in [-0.39, 0.29) is 35.4 Å². The maximum Gasteiger partial charge on any atom is 0.308 e. The largest absolute Gasteiger partial charge is 0.481 e. The molecular formula is C32H42N8O6S+2. The number of aromatic nitrogens is 5. The number of aryl methyl sites for hydroxylation is 2. The molecule has 6 heterocycles. The number of nitrogens with two attached hydrogens (primary N) is 1. The van der Waals surface area contributed by atoms with Crippen LogP contribution >= 0.6 is 0 Å². The number of nitrogen functional groups attached to an aromatic ring is 1. The van der Waals surface area contributed by atoms with Crippen LogP contribution in [0.1, 0.15) is 56.3 Å². The third-order valence-electron chi connectivity index (χ3n) is 9.11. The number of hydrogen-bond acceptors (Lipinski definition) is 9. The summed E-state index contributed by atoms with van der Waals surface area (Å²) in [5.41, 5.74) is 15.3. The number of imidazole rings is 1. The number of aliphatic carboxylic acids is 1. The highest BCUT2D eigenvalue weighted by atomic mass is 32.2. The summed E-state index contributed by atoms with van der Waals surface area (Å²) in [7, 11) is -0.734. The Labute approximate surface area is 275 Å². The molecule has 3 aliphatic heterocycles. The lowest BCUT2D eigenvalue weighted by Crippen LogP contribution is -2.40. The molecule has 0 saturated carbocycles. The van der Waals surface area contributed by atoms with Gasteiger partial charge in [-0.15, -0.1) is 0 Å². The molecule has 0 aromatic carbocycles. The molecule has 15 heteroatoms. The van der Waals surface area contributed by atoms with E-state index in [0.29, 0.717) is 17.7 Å². The maximum absolute atomic E-state index is 13.2.